The molecular formula is C30H25FN2O4. The molecule has 1 aliphatic carbocycles. The maximum atomic E-state index is 13.4. The zero-order chi connectivity index (χ0) is 25.8. The van der Waals surface area contributed by atoms with E-state index in [0.29, 0.717) is 34.3 Å². The molecule has 1 aliphatic rings. The fraction of sp³-hybridized carbons (Fsp3) is 0.167. The Hall–Kier alpha value is -4.52. The Bertz CT molecular complexity index is 1510. The summed E-state index contributed by atoms with van der Waals surface area (Å²) in [4.78, 5) is 30.8. The summed E-state index contributed by atoms with van der Waals surface area (Å²) in [5.74, 6) is -0.832. The second-order valence-electron chi connectivity index (χ2n) is 8.73. The van der Waals surface area contributed by atoms with Crippen molar-refractivity contribution < 1.29 is 23.5 Å². The summed E-state index contributed by atoms with van der Waals surface area (Å²) in [7, 11) is 1.52. The lowest BCUT2D eigenvalue weighted by Gasteiger charge is -2.22. The van der Waals surface area contributed by atoms with Crippen LogP contribution in [0.15, 0.2) is 72.8 Å². The monoisotopic (exact) mass is 496 g/mol. The van der Waals surface area contributed by atoms with Crippen LogP contribution in [0.5, 0.6) is 5.75 Å². The van der Waals surface area contributed by atoms with Gasteiger partial charge in [0.25, 0.3) is 5.91 Å². The molecule has 0 unspecified atom stereocenters. The standard InChI is InChI=1S/C30H25FN2O4/c1-36-26-12-5-4-11-25(26)32-27(34)18-37-30(35)28-22-8-2-3-10-24(22)33-29-20(7-6-9-23(28)29)17-19-13-15-21(31)16-14-19/h2-5,8,10-17H,6-7,9,18H2,1H3,(H,32,34)/b20-17-. The van der Waals surface area contributed by atoms with Crippen molar-refractivity contribution in [2.45, 2.75) is 19.3 Å². The number of hydrogen-bond donors (Lipinski definition) is 1. The van der Waals surface area contributed by atoms with Gasteiger partial charge in [0, 0.05) is 5.39 Å². The number of methoxy groups -OCH3 is 1. The number of anilines is 1. The van der Waals surface area contributed by atoms with Crippen LogP contribution in [0, 0.1) is 5.82 Å². The van der Waals surface area contributed by atoms with Gasteiger partial charge in [-0.25, -0.2) is 14.2 Å². The van der Waals surface area contributed by atoms with Gasteiger partial charge in [-0.05, 0) is 72.4 Å². The van der Waals surface area contributed by atoms with Crippen LogP contribution in [0.1, 0.15) is 40.0 Å². The highest BCUT2D eigenvalue weighted by Gasteiger charge is 2.26. The first kappa shape index (κ1) is 24.2. The number of ether oxygens (including phenoxy) is 2. The molecule has 1 N–H and O–H groups in total. The van der Waals surface area contributed by atoms with E-state index in [1.54, 1.807) is 36.4 Å². The average molecular weight is 497 g/mol. The van der Waals surface area contributed by atoms with Crippen LogP contribution in [-0.2, 0) is 16.0 Å². The van der Waals surface area contributed by atoms with E-state index in [-0.39, 0.29) is 5.82 Å². The fourth-order valence-electron chi connectivity index (χ4n) is 4.61. The zero-order valence-electron chi connectivity index (χ0n) is 20.3. The van der Waals surface area contributed by atoms with Gasteiger partial charge >= 0.3 is 5.97 Å². The molecule has 1 heterocycles. The number of carbonyl (C=O) groups is 2. The first-order valence-electron chi connectivity index (χ1n) is 12.0. The molecule has 0 radical (unpaired) electrons. The summed E-state index contributed by atoms with van der Waals surface area (Å²) in [5.41, 5.74) is 4.95. The number of allylic oxidation sites excluding steroid dienone is 1. The number of rotatable bonds is 6. The van der Waals surface area contributed by atoms with Crippen LogP contribution < -0.4 is 10.1 Å². The van der Waals surface area contributed by atoms with E-state index in [9.17, 15) is 14.0 Å². The minimum atomic E-state index is -0.576. The molecule has 1 aromatic heterocycles. The third-order valence-electron chi connectivity index (χ3n) is 6.30. The molecule has 6 nitrogen and oxygen atoms in total. The molecule has 7 heteroatoms. The van der Waals surface area contributed by atoms with Crippen LogP contribution in [0.3, 0.4) is 0 Å². The van der Waals surface area contributed by atoms with E-state index >= 15 is 0 Å². The number of benzene rings is 3. The largest absolute Gasteiger partial charge is 0.495 e. The molecule has 5 rings (SSSR count). The van der Waals surface area contributed by atoms with E-state index in [1.165, 1.54) is 19.2 Å². The number of nitrogens with one attached hydrogen (secondary N) is 1. The molecule has 37 heavy (non-hydrogen) atoms. The third kappa shape index (κ3) is 5.21. The third-order valence-corrected chi connectivity index (χ3v) is 6.30. The minimum absolute atomic E-state index is 0.296. The van der Waals surface area contributed by atoms with Crippen molar-refractivity contribution in [3.8, 4) is 5.75 Å². The molecular weight excluding hydrogens is 471 g/mol. The number of esters is 1. The molecule has 0 fully saturated rings. The van der Waals surface area contributed by atoms with Crippen LogP contribution in [0.4, 0.5) is 10.1 Å². The molecule has 0 spiro atoms. The number of carbonyl (C=O) groups excluding carboxylic acids is 2. The number of para-hydroxylation sites is 3. The van der Waals surface area contributed by atoms with Crippen molar-refractivity contribution in [3.63, 3.8) is 0 Å². The lowest BCUT2D eigenvalue weighted by atomic mass is 9.86. The van der Waals surface area contributed by atoms with Gasteiger partial charge in [-0.3, -0.25) is 4.79 Å². The van der Waals surface area contributed by atoms with Gasteiger partial charge in [0.05, 0.1) is 29.6 Å². The van der Waals surface area contributed by atoms with E-state index in [4.69, 9.17) is 14.5 Å². The fourth-order valence-corrected chi connectivity index (χ4v) is 4.61. The Morgan fingerprint density at radius 1 is 1.00 bits per heavy atom. The molecule has 0 saturated heterocycles. The van der Waals surface area contributed by atoms with Crippen molar-refractivity contribution >= 4 is 40.1 Å². The van der Waals surface area contributed by atoms with Gasteiger partial charge in [0.2, 0.25) is 0 Å². The first-order chi connectivity index (χ1) is 18.0. The SMILES string of the molecule is COc1ccccc1NC(=O)COC(=O)c1c2c(nc3ccccc13)/C(=C\c1ccc(F)cc1)CCC2. The predicted molar refractivity (Wildman–Crippen MR) is 141 cm³/mol. The molecule has 186 valence electrons. The van der Waals surface area contributed by atoms with E-state index in [1.807, 2.05) is 30.3 Å². The predicted octanol–water partition coefficient (Wildman–Crippen LogP) is 6.05. The molecule has 3 aromatic carbocycles. The molecule has 0 saturated carbocycles. The van der Waals surface area contributed by atoms with E-state index < -0.39 is 18.5 Å². The normalized spacial score (nSPS) is 13.7. The highest BCUT2D eigenvalue weighted by atomic mass is 19.1. The first-order valence-corrected chi connectivity index (χ1v) is 12.0. The lowest BCUT2D eigenvalue weighted by Crippen LogP contribution is -2.22. The number of halogens is 1. The smallest absolute Gasteiger partial charge is 0.339 e. The molecule has 4 aromatic rings. The number of pyridine rings is 1. The molecule has 0 bridgehead atoms. The van der Waals surface area contributed by atoms with Crippen molar-refractivity contribution in [1.82, 2.24) is 4.98 Å². The van der Waals surface area contributed by atoms with Crippen LogP contribution in [0.2, 0.25) is 0 Å². The maximum Gasteiger partial charge on any atom is 0.339 e. The summed E-state index contributed by atoms with van der Waals surface area (Å²) >= 11 is 0. The van der Waals surface area contributed by atoms with Crippen molar-refractivity contribution in [3.05, 3.63) is 101 Å². The lowest BCUT2D eigenvalue weighted by molar-refractivity contribution is -0.119. The van der Waals surface area contributed by atoms with E-state index in [2.05, 4.69) is 5.32 Å². The van der Waals surface area contributed by atoms with Crippen LogP contribution >= 0.6 is 0 Å². The average Bonchev–Trinajstić information content (AvgIpc) is 2.92. The summed E-state index contributed by atoms with van der Waals surface area (Å²) in [6.07, 6.45) is 4.25. The van der Waals surface area contributed by atoms with Crippen LogP contribution in [0.25, 0.3) is 22.6 Å². The number of amides is 1. The van der Waals surface area contributed by atoms with Crippen molar-refractivity contribution in [2.24, 2.45) is 0 Å². The van der Waals surface area contributed by atoms with Gasteiger partial charge in [0.15, 0.2) is 6.61 Å². The quantitative estimate of drug-likeness (QED) is 0.329. The van der Waals surface area contributed by atoms with Gasteiger partial charge in [-0.15, -0.1) is 0 Å². The Kier molecular flexibility index (Phi) is 6.94. The maximum absolute atomic E-state index is 13.4. The highest BCUT2D eigenvalue weighted by molar-refractivity contribution is 6.07. The van der Waals surface area contributed by atoms with Crippen molar-refractivity contribution in [1.29, 1.82) is 0 Å². The zero-order valence-corrected chi connectivity index (χ0v) is 20.3. The minimum Gasteiger partial charge on any atom is -0.495 e. The van der Waals surface area contributed by atoms with Gasteiger partial charge < -0.3 is 14.8 Å². The number of fused-ring (bicyclic) bond motifs is 2. The topological polar surface area (TPSA) is 77.5 Å². The van der Waals surface area contributed by atoms with Crippen LogP contribution in [-0.4, -0.2) is 30.6 Å². The second kappa shape index (κ2) is 10.6. The number of nitrogens with zero attached hydrogens (tertiary/aromatic N) is 1. The summed E-state index contributed by atoms with van der Waals surface area (Å²) in [5, 5.41) is 3.40. The van der Waals surface area contributed by atoms with Crippen molar-refractivity contribution in [2.75, 3.05) is 19.0 Å². The van der Waals surface area contributed by atoms with Gasteiger partial charge in [0.1, 0.15) is 11.6 Å². The molecule has 1 amide bonds. The Balaban J connectivity index is 1.45. The Labute approximate surface area is 213 Å². The summed E-state index contributed by atoms with van der Waals surface area (Å²) in [6, 6.07) is 20.7. The number of hydrogen-bond acceptors (Lipinski definition) is 5. The molecule has 0 aliphatic heterocycles. The van der Waals surface area contributed by atoms with E-state index in [0.717, 1.165) is 35.2 Å². The molecule has 0 atom stereocenters. The second-order valence-corrected chi connectivity index (χ2v) is 8.73. The highest BCUT2D eigenvalue weighted by Crippen LogP contribution is 2.36. The summed E-state index contributed by atoms with van der Waals surface area (Å²) in [6.45, 7) is -0.444. The Morgan fingerprint density at radius 2 is 1.76 bits per heavy atom. The van der Waals surface area contributed by atoms with Gasteiger partial charge in [-0.2, -0.15) is 0 Å². The summed E-state index contributed by atoms with van der Waals surface area (Å²) < 4.78 is 24.1. The number of aromatic nitrogens is 1. The Morgan fingerprint density at radius 3 is 2.57 bits per heavy atom. The van der Waals surface area contributed by atoms with Gasteiger partial charge in [-0.1, -0.05) is 42.5 Å².